The third-order valence-corrected chi connectivity index (χ3v) is 4.23. The minimum absolute atomic E-state index is 0.118. The molecule has 0 radical (unpaired) electrons. The summed E-state index contributed by atoms with van der Waals surface area (Å²) in [5.74, 6) is 2.23. The molecule has 4 unspecified atom stereocenters. The number of halogens is 2. The summed E-state index contributed by atoms with van der Waals surface area (Å²) < 4.78 is 0. The molecule has 0 spiro atoms. The molecule has 0 aromatic rings. The molecule has 78 valence electrons. The summed E-state index contributed by atoms with van der Waals surface area (Å²) in [6.07, 6.45) is 7.57. The Morgan fingerprint density at radius 2 is 2.21 bits per heavy atom. The fraction of sp³-hybridized carbons (Fsp3) is 0.727. The Bertz CT molecular complexity index is 262. The second-order valence-corrected chi connectivity index (χ2v) is 5.17. The normalized spacial score (nSPS) is 36.3. The van der Waals surface area contributed by atoms with Crippen LogP contribution in [0.2, 0.25) is 0 Å². The van der Waals surface area contributed by atoms with Crippen LogP contribution in [0, 0.1) is 17.8 Å². The molecule has 0 aromatic carbocycles. The lowest BCUT2D eigenvalue weighted by molar-refractivity contribution is -0.119. The molecule has 1 saturated carbocycles. The third-order valence-electron chi connectivity index (χ3n) is 3.36. The number of rotatable bonds is 4. The van der Waals surface area contributed by atoms with Gasteiger partial charge in [-0.05, 0) is 30.6 Å². The highest BCUT2D eigenvalue weighted by molar-refractivity contribution is 6.36. The van der Waals surface area contributed by atoms with E-state index in [9.17, 15) is 4.79 Å². The first kappa shape index (κ1) is 10.5. The van der Waals surface area contributed by atoms with Crippen LogP contribution in [-0.2, 0) is 4.79 Å². The summed E-state index contributed by atoms with van der Waals surface area (Å²) in [5, 5.41) is -0.486. The van der Waals surface area contributed by atoms with E-state index < -0.39 is 5.38 Å². The van der Waals surface area contributed by atoms with Gasteiger partial charge in [0.05, 0.1) is 0 Å². The third kappa shape index (κ3) is 1.99. The molecule has 2 rings (SSSR count). The van der Waals surface area contributed by atoms with Crippen molar-refractivity contribution in [3.8, 4) is 0 Å². The van der Waals surface area contributed by atoms with Gasteiger partial charge in [0, 0.05) is 12.3 Å². The molecule has 2 bridgehead atoms. The number of hydrogen-bond donors (Lipinski definition) is 0. The van der Waals surface area contributed by atoms with Crippen molar-refractivity contribution >= 4 is 29.0 Å². The van der Waals surface area contributed by atoms with Crippen molar-refractivity contribution in [1.82, 2.24) is 0 Å². The van der Waals surface area contributed by atoms with Crippen LogP contribution in [0.5, 0.6) is 0 Å². The topological polar surface area (TPSA) is 17.1 Å². The van der Waals surface area contributed by atoms with Gasteiger partial charge in [-0.1, -0.05) is 12.2 Å². The monoisotopic (exact) mass is 232 g/mol. The average Bonchev–Trinajstić information content (AvgIpc) is 2.77. The molecule has 0 saturated heterocycles. The summed E-state index contributed by atoms with van der Waals surface area (Å²) in [5.41, 5.74) is 0. The van der Waals surface area contributed by atoms with Gasteiger partial charge in [-0.15, -0.1) is 23.2 Å². The van der Waals surface area contributed by atoms with Crippen LogP contribution < -0.4 is 0 Å². The molecule has 0 heterocycles. The molecule has 3 heteroatoms. The van der Waals surface area contributed by atoms with E-state index in [0.29, 0.717) is 18.3 Å². The molecule has 1 fully saturated rings. The van der Waals surface area contributed by atoms with Crippen molar-refractivity contribution in [2.24, 2.45) is 17.8 Å². The van der Waals surface area contributed by atoms with E-state index in [-0.39, 0.29) is 11.7 Å². The van der Waals surface area contributed by atoms with Crippen molar-refractivity contribution in [2.45, 2.75) is 24.6 Å². The van der Waals surface area contributed by atoms with Crippen molar-refractivity contribution in [1.29, 1.82) is 0 Å². The Morgan fingerprint density at radius 1 is 1.43 bits per heavy atom. The summed E-state index contributed by atoms with van der Waals surface area (Å²) in [6, 6.07) is 0. The molecular formula is C11H14Cl2O. The van der Waals surface area contributed by atoms with Crippen LogP contribution >= 0.6 is 23.2 Å². The molecule has 0 aliphatic heterocycles. The molecule has 0 aromatic heterocycles. The first-order chi connectivity index (χ1) is 6.70. The zero-order valence-corrected chi connectivity index (χ0v) is 9.47. The molecule has 2 aliphatic carbocycles. The lowest BCUT2D eigenvalue weighted by Crippen LogP contribution is -2.21. The van der Waals surface area contributed by atoms with Gasteiger partial charge in [-0.2, -0.15) is 0 Å². The van der Waals surface area contributed by atoms with E-state index in [0.717, 1.165) is 5.92 Å². The molecule has 0 N–H and O–H groups in total. The Morgan fingerprint density at radius 3 is 2.71 bits per heavy atom. The zero-order chi connectivity index (χ0) is 10.1. The van der Waals surface area contributed by atoms with Gasteiger partial charge in [-0.25, -0.2) is 0 Å². The quantitative estimate of drug-likeness (QED) is 0.538. The fourth-order valence-electron chi connectivity index (χ4n) is 2.60. The van der Waals surface area contributed by atoms with Crippen LogP contribution in [0.15, 0.2) is 12.2 Å². The standard InChI is InChI=1S/C11H14Cl2O/c12-6-10(13)11(14)5-9-4-7-1-2-8(9)3-7/h1-2,7-10H,3-6H2. The van der Waals surface area contributed by atoms with Gasteiger partial charge < -0.3 is 0 Å². The summed E-state index contributed by atoms with van der Waals surface area (Å²) >= 11 is 11.3. The number of allylic oxidation sites excluding steroid dienone is 2. The number of carbonyl (C=O) groups excluding carboxylic acids is 1. The minimum atomic E-state index is -0.486. The maximum Gasteiger partial charge on any atom is 0.152 e. The maximum absolute atomic E-state index is 11.6. The highest BCUT2D eigenvalue weighted by Crippen LogP contribution is 2.45. The van der Waals surface area contributed by atoms with Crippen molar-refractivity contribution < 1.29 is 4.79 Å². The van der Waals surface area contributed by atoms with Gasteiger partial charge >= 0.3 is 0 Å². The predicted molar refractivity (Wildman–Crippen MR) is 58.8 cm³/mol. The Labute approximate surface area is 94.5 Å². The molecule has 14 heavy (non-hydrogen) atoms. The predicted octanol–water partition coefficient (Wildman–Crippen LogP) is 3.00. The molecule has 0 amide bonds. The molecule has 2 aliphatic rings. The zero-order valence-electron chi connectivity index (χ0n) is 7.96. The minimum Gasteiger partial charge on any atom is -0.298 e. The van der Waals surface area contributed by atoms with Crippen molar-refractivity contribution in [3.05, 3.63) is 12.2 Å². The van der Waals surface area contributed by atoms with Crippen LogP contribution in [0.25, 0.3) is 0 Å². The highest BCUT2D eigenvalue weighted by Gasteiger charge is 2.37. The summed E-state index contributed by atoms with van der Waals surface area (Å²) in [6.45, 7) is 0. The lowest BCUT2D eigenvalue weighted by Gasteiger charge is -2.17. The number of ketones is 1. The van der Waals surface area contributed by atoms with Gasteiger partial charge in [0.15, 0.2) is 5.78 Å². The van der Waals surface area contributed by atoms with E-state index in [1.54, 1.807) is 0 Å². The number of alkyl halides is 2. The van der Waals surface area contributed by atoms with Gasteiger partial charge in [0.25, 0.3) is 0 Å². The summed E-state index contributed by atoms with van der Waals surface area (Å²) in [7, 11) is 0. The second-order valence-electron chi connectivity index (χ2n) is 4.33. The second kappa shape index (κ2) is 4.24. The van der Waals surface area contributed by atoms with E-state index in [4.69, 9.17) is 23.2 Å². The Balaban J connectivity index is 1.87. The van der Waals surface area contributed by atoms with E-state index in [1.165, 1.54) is 12.8 Å². The van der Waals surface area contributed by atoms with E-state index in [1.807, 2.05) is 0 Å². The first-order valence-electron chi connectivity index (χ1n) is 5.11. The first-order valence-corrected chi connectivity index (χ1v) is 6.09. The number of fused-ring (bicyclic) bond motifs is 2. The van der Waals surface area contributed by atoms with Crippen LogP contribution in [0.4, 0.5) is 0 Å². The van der Waals surface area contributed by atoms with Gasteiger partial charge in [0.1, 0.15) is 5.38 Å². The van der Waals surface area contributed by atoms with Crippen LogP contribution in [0.3, 0.4) is 0 Å². The summed E-state index contributed by atoms with van der Waals surface area (Å²) in [4.78, 5) is 11.6. The smallest absolute Gasteiger partial charge is 0.152 e. The molecule has 4 atom stereocenters. The highest BCUT2D eigenvalue weighted by atomic mass is 35.5. The van der Waals surface area contributed by atoms with Crippen LogP contribution in [0.1, 0.15) is 19.3 Å². The SMILES string of the molecule is O=C(CC1CC2C=CC1C2)C(Cl)CCl. The lowest BCUT2D eigenvalue weighted by atomic mass is 9.88. The van der Waals surface area contributed by atoms with Gasteiger partial charge in [0.2, 0.25) is 0 Å². The number of hydrogen-bond acceptors (Lipinski definition) is 1. The molecular weight excluding hydrogens is 219 g/mol. The van der Waals surface area contributed by atoms with Gasteiger partial charge in [-0.3, -0.25) is 4.79 Å². The average molecular weight is 233 g/mol. The number of carbonyl (C=O) groups is 1. The maximum atomic E-state index is 11.6. The van der Waals surface area contributed by atoms with E-state index in [2.05, 4.69) is 12.2 Å². The largest absolute Gasteiger partial charge is 0.298 e. The van der Waals surface area contributed by atoms with E-state index >= 15 is 0 Å². The van der Waals surface area contributed by atoms with Crippen LogP contribution in [-0.4, -0.2) is 17.0 Å². The Hall–Kier alpha value is -0.0100. The number of Topliss-reactive ketones (excluding diaryl/α,β-unsaturated/α-hetero) is 1. The Kier molecular flexibility index (Phi) is 3.18. The fourth-order valence-corrected chi connectivity index (χ4v) is 2.86. The van der Waals surface area contributed by atoms with Crippen molar-refractivity contribution in [3.63, 3.8) is 0 Å². The molecule has 1 nitrogen and oxygen atoms in total. The van der Waals surface area contributed by atoms with Crippen molar-refractivity contribution in [2.75, 3.05) is 5.88 Å².